The predicted molar refractivity (Wildman–Crippen MR) is 60.7 cm³/mol. The molecule has 0 aromatic heterocycles. The molecule has 0 aliphatic rings. The third-order valence-electron chi connectivity index (χ3n) is 1.95. The highest BCUT2D eigenvalue weighted by Gasteiger charge is 2.21. The number of methoxy groups -OCH3 is 1. The van der Waals surface area contributed by atoms with Gasteiger partial charge in [-0.3, -0.25) is 0 Å². The monoisotopic (exact) mass is 274 g/mol. The van der Waals surface area contributed by atoms with Crippen molar-refractivity contribution in [2.45, 2.75) is 0 Å². The van der Waals surface area contributed by atoms with Gasteiger partial charge in [-0.15, -0.1) is 0 Å². The normalized spacial score (nSPS) is 9.89. The third kappa shape index (κ3) is 3.71. The zero-order chi connectivity index (χ0) is 14.3. The molecule has 0 aliphatic carbocycles. The first kappa shape index (κ1) is 15.0. The lowest BCUT2D eigenvalue weighted by atomic mass is 10.2. The van der Waals surface area contributed by atoms with Crippen LogP contribution in [0.2, 0.25) is 0 Å². The maximum absolute atomic E-state index is 11.5. The number of ether oxygens (including phenoxy) is 1. The summed E-state index contributed by atoms with van der Waals surface area (Å²) in [4.78, 5) is 39.7. The highest BCUT2D eigenvalue weighted by molar-refractivity contribution is 5.91. The van der Waals surface area contributed by atoms with Gasteiger partial charge in [-0.2, -0.15) is 14.7 Å². The van der Waals surface area contributed by atoms with Gasteiger partial charge in [-0.05, 0) is 0 Å². The molecule has 19 heavy (non-hydrogen) atoms. The van der Waals surface area contributed by atoms with Crippen LogP contribution in [0.15, 0.2) is 12.1 Å². The highest BCUT2D eigenvalue weighted by Crippen LogP contribution is 2.39. The standard InChI is InChI=1S/C11H14O8/c1-13-11(12)7-5-8(17-14-2)10(19-16-4)9(6-7)18-15-3/h5-6H,1-4H3. The van der Waals surface area contributed by atoms with Gasteiger partial charge in [0.2, 0.25) is 11.5 Å². The molecule has 0 radical (unpaired) electrons. The van der Waals surface area contributed by atoms with Gasteiger partial charge in [0.25, 0.3) is 5.75 Å². The van der Waals surface area contributed by atoms with Crippen LogP contribution in [0.4, 0.5) is 0 Å². The molecule has 0 atom stereocenters. The van der Waals surface area contributed by atoms with Crippen LogP contribution in [0, 0.1) is 0 Å². The first-order chi connectivity index (χ1) is 9.17. The quantitative estimate of drug-likeness (QED) is 0.418. The molecule has 0 heterocycles. The van der Waals surface area contributed by atoms with Crippen LogP contribution >= 0.6 is 0 Å². The average Bonchev–Trinajstić information content (AvgIpc) is 2.41. The Bertz CT molecular complexity index is 404. The molecule has 0 fully saturated rings. The molecule has 1 aromatic carbocycles. The molecule has 1 aromatic rings. The highest BCUT2D eigenvalue weighted by atomic mass is 17.2. The third-order valence-corrected chi connectivity index (χ3v) is 1.95. The summed E-state index contributed by atoms with van der Waals surface area (Å²) in [5, 5.41) is 0. The SMILES string of the molecule is COOc1cc(C(=O)OC)cc(OOC)c1OOC. The van der Waals surface area contributed by atoms with Gasteiger partial charge >= 0.3 is 5.97 Å². The molecular formula is C11H14O8. The van der Waals surface area contributed by atoms with E-state index in [1.807, 2.05) is 0 Å². The Kier molecular flexibility index (Phi) is 5.86. The fourth-order valence-electron chi connectivity index (χ4n) is 1.28. The summed E-state index contributed by atoms with van der Waals surface area (Å²) in [6, 6.07) is 2.68. The van der Waals surface area contributed by atoms with Crippen LogP contribution in [0.5, 0.6) is 17.2 Å². The molecule has 0 unspecified atom stereocenters. The van der Waals surface area contributed by atoms with Crippen molar-refractivity contribution in [3.63, 3.8) is 0 Å². The van der Waals surface area contributed by atoms with E-state index < -0.39 is 5.97 Å². The van der Waals surface area contributed by atoms with Gasteiger partial charge < -0.3 is 19.4 Å². The summed E-state index contributed by atoms with van der Waals surface area (Å²) in [6.45, 7) is 0. The summed E-state index contributed by atoms with van der Waals surface area (Å²) in [5.41, 5.74) is 0.157. The second kappa shape index (κ2) is 7.41. The van der Waals surface area contributed by atoms with Crippen molar-refractivity contribution < 1.29 is 38.9 Å². The van der Waals surface area contributed by atoms with Crippen LogP contribution in [0.3, 0.4) is 0 Å². The smallest absolute Gasteiger partial charge is 0.338 e. The number of carbonyl (C=O) groups excluding carboxylic acids is 1. The van der Waals surface area contributed by atoms with E-state index >= 15 is 0 Å². The lowest BCUT2D eigenvalue weighted by Crippen LogP contribution is -2.06. The fraction of sp³-hybridized carbons (Fsp3) is 0.364. The van der Waals surface area contributed by atoms with E-state index in [0.29, 0.717) is 0 Å². The van der Waals surface area contributed by atoms with Crippen molar-refractivity contribution in [2.75, 3.05) is 28.4 Å². The maximum atomic E-state index is 11.5. The first-order valence-corrected chi connectivity index (χ1v) is 5.06. The molecule has 0 bridgehead atoms. The molecule has 106 valence electrons. The molecular weight excluding hydrogens is 260 g/mol. The van der Waals surface area contributed by atoms with Gasteiger partial charge in [0, 0.05) is 12.1 Å². The zero-order valence-corrected chi connectivity index (χ0v) is 10.9. The Morgan fingerprint density at radius 1 is 0.842 bits per heavy atom. The Labute approximate surface area is 109 Å². The van der Waals surface area contributed by atoms with Gasteiger partial charge in [0.05, 0.1) is 34.0 Å². The molecule has 1 rings (SSSR count). The Balaban J connectivity index is 3.29. The number of carbonyl (C=O) groups is 1. The van der Waals surface area contributed by atoms with Crippen LogP contribution < -0.4 is 14.7 Å². The largest absolute Gasteiger partial charge is 0.465 e. The van der Waals surface area contributed by atoms with E-state index in [4.69, 9.17) is 14.7 Å². The molecule has 0 N–H and O–H groups in total. The van der Waals surface area contributed by atoms with Crippen molar-refractivity contribution in [2.24, 2.45) is 0 Å². The van der Waals surface area contributed by atoms with Gasteiger partial charge in [0.15, 0.2) is 0 Å². The van der Waals surface area contributed by atoms with E-state index in [0.717, 1.165) is 0 Å². The van der Waals surface area contributed by atoms with Crippen molar-refractivity contribution >= 4 is 5.97 Å². The molecule has 0 spiro atoms. The molecule has 8 heteroatoms. The average molecular weight is 274 g/mol. The minimum Gasteiger partial charge on any atom is -0.465 e. The second-order valence-electron chi connectivity index (χ2n) is 3.04. The van der Waals surface area contributed by atoms with Crippen LogP contribution in [0.25, 0.3) is 0 Å². The van der Waals surface area contributed by atoms with E-state index in [1.54, 1.807) is 0 Å². The van der Waals surface area contributed by atoms with Crippen molar-refractivity contribution in [3.05, 3.63) is 17.7 Å². The summed E-state index contributed by atoms with van der Waals surface area (Å²) in [6.07, 6.45) is 0. The summed E-state index contributed by atoms with van der Waals surface area (Å²) >= 11 is 0. The van der Waals surface area contributed by atoms with Crippen LogP contribution in [-0.2, 0) is 19.4 Å². The van der Waals surface area contributed by atoms with E-state index in [9.17, 15) is 4.79 Å². The lowest BCUT2D eigenvalue weighted by molar-refractivity contribution is -0.214. The molecule has 0 aliphatic heterocycles. The Morgan fingerprint density at radius 2 is 1.32 bits per heavy atom. The molecule has 0 saturated heterocycles. The predicted octanol–water partition coefficient (Wildman–Crippen LogP) is 1.29. The van der Waals surface area contributed by atoms with E-state index in [2.05, 4.69) is 19.4 Å². The first-order valence-electron chi connectivity index (χ1n) is 5.06. The molecule has 8 nitrogen and oxygen atoms in total. The van der Waals surface area contributed by atoms with Gasteiger partial charge in [-0.1, -0.05) is 0 Å². The number of hydrogen-bond acceptors (Lipinski definition) is 8. The van der Waals surface area contributed by atoms with Crippen molar-refractivity contribution in [1.82, 2.24) is 0 Å². The number of esters is 1. The van der Waals surface area contributed by atoms with E-state index in [-0.39, 0.29) is 22.8 Å². The van der Waals surface area contributed by atoms with Gasteiger partial charge in [-0.25, -0.2) is 4.79 Å². The Hall–Kier alpha value is -2.03. The summed E-state index contributed by atoms with van der Waals surface area (Å²) in [7, 11) is 5.12. The lowest BCUT2D eigenvalue weighted by Gasteiger charge is -2.12. The fourth-order valence-corrected chi connectivity index (χ4v) is 1.28. The summed E-state index contributed by atoms with van der Waals surface area (Å²) in [5.74, 6) is -0.441. The molecule has 0 saturated carbocycles. The summed E-state index contributed by atoms with van der Waals surface area (Å²) < 4.78 is 4.60. The second-order valence-corrected chi connectivity index (χ2v) is 3.04. The number of rotatable bonds is 7. The van der Waals surface area contributed by atoms with Crippen molar-refractivity contribution in [3.8, 4) is 17.2 Å². The van der Waals surface area contributed by atoms with Crippen LogP contribution in [-0.4, -0.2) is 34.4 Å². The zero-order valence-electron chi connectivity index (χ0n) is 10.9. The number of benzene rings is 1. The van der Waals surface area contributed by atoms with Gasteiger partial charge in [0.1, 0.15) is 0 Å². The van der Waals surface area contributed by atoms with E-state index in [1.165, 1.54) is 40.6 Å². The number of hydrogen-bond donors (Lipinski definition) is 0. The topological polar surface area (TPSA) is 81.7 Å². The van der Waals surface area contributed by atoms with Crippen molar-refractivity contribution in [1.29, 1.82) is 0 Å². The van der Waals surface area contributed by atoms with Crippen LogP contribution in [0.1, 0.15) is 10.4 Å². The minimum atomic E-state index is -0.592. The minimum absolute atomic E-state index is 0.0406. The Morgan fingerprint density at radius 3 is 1.68 bits per heavy atom. The maximum Gasteiger partial charge on any atom is 0.338 e. The molecule has 0 amide bonds.